The van der Waals surface area contributed by atoms with Crippen LogP contribution in [0.25, 0.3) is 22.3 Å². The van der Waals surface area contributed by atoms with Gasteiger partial charge in [0.2, 0.25) is 0 Å². The number of benzene rings is 7. The van der Waals surface area contributed by atoms with Crippen LogP contribution in [0, 0.1) is 27.7 Å². The molecule has 0 nitrogen and oxygen atoms in total. The second-order valence-electron chi connectivity index (χ2n) is 18.3. The van der Waals surface area contributed by atoms with Gasteiger partial charge in [-0.05, 0) is 148 Å². The first-order valence-corrected chi connectivity index (χ1v) is 24.8. The van der Waals surface area contributed by atoms with Crippen LogP contribution in [0.4, 0.5) is 0 Å². The minimum atomic E-state index is -0.415. The highest BCUT2D eigenvalue weighted by Gasteiger charge is 2.36. The van der Waals surface area contributed by atoms with Gasteiger partial charge >= 0.3 is 0 Å². The smallest absolute Gasteiger partial charge is 0.0340 e. The molecule has 0 heterocycles. The van der Waals surface area contributed by atoms with Gasteiger partial charge in [0.05, 0.1) is 0 Å². The topological polar surface area (TPSA) is 0 Å². The minimum absolute atomic E-state index is 0.181. The van der Waals surface area contributed by atoms with Crippen LogP contribution < -0.4 is 5.30 Å². The summed E-state index contributed by atoms with van der Waals surface area (Å²) in [7, 11) is -0.415. The van der Waals surface area contributed by atoms with Gasteiger partial charge in [-0.15, -0.1) is 0 Å². The molecule has 0 unspecified atom stereocenters. The molecular weight excluding hydrogens is 752 g/mol. The summed E-state index contributed by atoms with van der Waals surface area (Å²) in [5.41, 5.74) is 21.2. The molecule has 2 fully saturated rings. The molecule has 2 aliphatic rings. The molecule has 0 aliphatic heterocycles. The van der Waals surface area contributed by atoms with E-state index in [1.54, 1.807) is 5.30 Å². The van der Waals surface area contributed by atoms with Crippen molar-refractivity contribution < 1.29 is 0 Å². The number of hydrogen-bond acceptors (Lipinski definition) is 0. The Morgan fingerprint density at radius 2 is 0.639 bits per heavy atom. The molecule has 0 spiro atoms. The highest BCUT2D eigenvalue weighted by Crippen LogP contribution is 2.58. The van der Waals surface area contributed by atoms with E-state index in [4.69, 9.17) is 0 Å². The first-order valence-electron chi connectivity index (χ1n) is 23.3. The van der Waals surface area contributed by atoms with Crippen LogP contribution in [0.1, 0.15) is 132 Å². The molecule has 1 heteroatoms. The molecule has 0 N–H and O–H groups in total. The molecule has 0 bridgehead atoms. The van der Waals surface area contributed by atoms with Gasteiger partial charge in [-0.1, -0.05) is 210 Å². The van der Waals surface area contributed by atoms with Gasteiger partial charge in [0.1, 0.15) is 0 Å². The number of aryl methyl sites for hydroxylation is 4. The summed E-state index contributed by atoms with van der Waals surface area (Å²) in [6.45, 7) is 9.60. The molecule has 9 rings (SSSR count). The molecule has 2 aliphatic carbocycles. The summed E-state index contributed by atoms with van der Waals surface area (Å²) >= 11 is 0. The average Bonchev–Trinajstić information content (AvgIpc) is 3.29. The van der Waals surface area contributed by atoms with E-state index in [0.717, 1.165) is 11.3 Å². The molecule has 61 heavy (non-hydrogen) atoms. The van der Waals surface area contributed by atoms with E-state index in [-0.39, 0.29) is 11.8 Å². The average molecular weight is 815 g/mol. The van der Waals surface area contributed by atoms with Crippen LogP contribution in [0.2, 0.25) is 0 Å². The van der Waals surface area contributed by atoms with Gasteiger partial charge in [0.25, 0.3) is 0 Å². The Balaban J connectivity index is 1.25. The Bertz CT molecular complexity index is 2230. The monoisotopic (exact) mass is 814 g/mol. The predicted molar refractivity (Wildman–Crippen MR) is 264 cm³/mol. The molecule has 0 radical (unpaired) electrons. The van der Waals surface area contributed by atoms with E-state index in [9.17, 15) is 0 Å². The quantitative estimate of drug-likeness (QED) is 0.0901. The minimum Gasteiger partial charge on any atom is -0.0676 e. The van der Waals surface area contributed by atoms with Gasteiger partial charge in [0.15, 0.2) is 0 Å². The van der Waals surface area contributed by atoms with Crippen LogP contribution in [0.15, 0.2) is 164 Å². The zero-order valence-corrected chi connectivity index (χ0v) is 37.8. The van der Waals surface area contributed by atoms with E-state index < -0.39 is 7.92 Å². The molecule has 0 amide bonds. The molecule has 0 atom stereocenters. The summed E-state index contributed by atoms with van der Waals surface area (Å²) < 4.78 is 0. The van der Waals surface area contributed by atoms with E-state index in [1.165, 1.54) is 142 Å². The lowest BCUT2D eigenvalue weighted by atomic mass is 9.81. The van der Waals surface area contributed by atoms with Crippen LogP contribution in [0.3, 0.4) is 0 Å². The standard InChI is InChI=1S/C60H63P/c1-42-38-50(58(46-24-11-5-12-25-46)47-26-13-6-14-27-47)39-43(2)56(42)54-36-23-37-55(60(54)61(52-32-19-9-20-33-52)53-34-21-10-22-35-53)57-44(3)40-51(41-45(57)4)59(48-28-15-7-16-29-48)49-30-17-8-18-31-49/h5-8,11-18,23-31,36-41,52-53,58-59H,9-10,19-22,32-35H2,1-4H3. The maximum Gasteiger partial charge on any atom is 0.0340 e. The Kier molecular flexibility index (Phi) is 12.8. The van der Waals surface area contributed by atoms with E-state index in [2.05, 4.69) is 191 Å². The third-order valence-corrected chi connectivity index (χ3v) is 17.7. The highest BCUT2D eigenvalue weighted by molar-refractivity contribution is 7.67. The van der Waals surface area contributed by atoms with Crippen molar-refractivity contribution in [3.05, 3.63) is 219 Å². The van der Waals surface area contributed by atoms with Crippen molar-refractivity contribution in [1.82, 2.24) is 0 Å². The first kappa shape index (κ1) is 41.3. The van der Waals surface area contributed by atoms with Gasteiger partial charge in [0, 0.05) is 11.8 Å². The summed E-state index contributed by atoms with van der Waals surface area (Å²) in [4.78, 5) is 0. The Labute approximate surface area is 368 Å². The van der Waals surface area contributed by atoms with Crippen LogP contribution in [-0.4, -0.2) is 11.3 Å². The van der Waals surface area contributed by atoms with Gasteiger partial charge in [-0.2, -0.15) is 0 Å². The fourth-order valence-corrected chi connectivity index (χ4v) is 15.6. The third-order valence-electron chi connectivity index (χ3n) is 14.1. The highest BCUT2D eigenvalue weighted by atomic mass is 31.1. The van der Waals surface area contributed by atoms with Crippen LogP contribution in [0.5, 0.6) is 0 Å². The van der Waals surface area contributed by atoms with Crippen LogP contribution >= 0.6 is 7.92 Å². The molecule has 0 saturated heterocycles. The SMILES string of the molecule is Cc1cc(C(c2ccccc2)c2ccccc2)cc(C)c1-c1cccc(-c2c(C)cc(C(c3ccccc3)c3ccccc3)cc2C)c1P(C1CCCCC1)C1CCCCC1. The van der Waals surface area contributed by atoms with Crippen LogP contribution in [-0.2, 0) is 0 Å². The van der Waals surface area contributed by atoms with Crippen molar-refractivity contribution in [2.45, 2.75) is 115 Å². The number of rotatable bonds is 11. The zero-order valence-electron chi connectivity index (χ0n) is 36.9. The molecule has 7 aromatic carbocycles. The largest absolute Gasteiger partial charge is 0.0676 e. The Hall–Kier alpha value is -5.03. The zero-order chi connectivity index (χ0) is 41.7. The molecular formula is C60H63P. The number of hydrogen-bond donors (Lipinski definition) is 0. The summed E-state index contributed by atoms with van der Waals surface area (Å²) in [5, 5.41) is 1.71. The van der Waals surface area contributed by atoms with Crippen molar-refractivity contribution in [3.63, 3.8) is 0 Å². The van der Waals surface area contributed by atoms with Gasteiger partial charge in [-0.3, -0.25) is 0 Å². The maximum absolute atomic E-state index is 2.53. The second-order valence-corrected chi connectivity index (χ2v) is 21.0. The van der Waals surface area contributed by atoms with Crippen molar-refractivity contribution in [2.75, 3.05) is 0 Å². The van der Waals surface area contributed by atoms with Crippen molar-refractivity contribution in [3.8, 4) is 22.3 Å². The molecule has 308 valence electrons. The molecule has 0 aromatic heterocycles. The van der Waals surface area contributed by atoms with Crippen molar-refractivity contribution in [2.24, 2.45) is 0 Å². The van der Waals surface area contributed by atoms with Gasteiger partial charge in [-0.25, -0.2) is 0 Å². The molecule has 7 aromatic rings. The lowest BCUT2D eigenvalue weighted by Gasteiger charge is -2.41. The molecule has 2 saturated carbocycles. The summed E-state index contributed by atoms with van der Waals surface area (Å²) in [6.07, 6.45) is 13.9. The lowest BCUT2D eigenvalue weighted by molar-refractivity contribution is 0.487. The normalized spacial score (nSPS) is 15.2. The Morgan fingerprint density at radius 1 is 0.344 bits per heavy atom. The van der Waals surface area contributed by atoms with Crippen molar-refractivity contribution in [1.29, 1.82) is 0 Å². The fourth-order valence-electron chi connectivity index (χ4n) is 11.5. The third kappa shape index (κ3) is 8.72. The lowest BCUT2D eigenvalue weighted by Crippen LogP contribution is -2.28. The maximum atomic E-state index is 2.53. The van der Waals surface area contributed by atoms with E-state index in [1.807, 2.05) is 0 Å². The van der Waals surface area contributed by atoms with E-state index >= 15 is 0 Å². The van der Waals surface area contributed by atoms with Gasteiger partial charge < -0.3 is 0 Å². The first-order chi connectivity index (χ1) is 30.0. The fraction of sp³-hybridized carbons (Fsp3) is 0.300. The Morgan fingerprint density at radius 3 is 0.934 bits per heavy atom. The second kappa shape index (κ2) is 18.9. The van der Waals surface area contributed by atoms with Crippen molar-refractivity contribution >= 4 is 13.2 Å². The van der Waals surface area contributed by atoms with E-state index in [0.29, 0.717) is 0 Å². The summed E-state index contributed by atoms with van der Waals surface area (Å²) in [5.74, 6) is 0.362. The summed E-state index contributed by atoms with van der Waals surface area (Å²) in [6, 6.07) is 62.1. The predicted octanol–water partition coefficient (Wildman–Crippen LogP) is 16.4.